The summed E-state index contributed by atoms with van der Waals surface area (Å²) in [7, 11) is 0. The van der Waals surface area contributed by atoms with Crippen LogP contribution in [-0.2, 0) is 6.61 Å². The molecule has 3 rings (SSSR count). The summed E-state index contributed by atoms with van der Waals surface area (Å²) in [6, 6.07) is 20.6. The fourth-order valence-corrected chi connectivity index (χ4v) is 2.59. The molecule has 1 heterocycles. The highest BCUT2D eigenvalue weighted by molar-refractivity contribution is 7.80. The van der Waals surface area contributed by atoms with Crippen LogP contribution >= 0.6 is 12.2 Å². The molecule has 0 saturated carbocycles. The molecule has 0 atom stereocenters. The molecule has 0 bridgehead atoms. The lowest BCUT2D eigenvalue weighted by Crippen LogP contribution is -2.34. The van der Waals surface area contributed by atoms with E-state index in [4.69, 9.17) is 17.0 Å². The molecule has 1 aromatic heterocycles. The number of thiocarbonyl (C=S) groups is 1. The molecule has 1 amide bonds. The summed E-state index contributed by atoms with van der Waals surface area (Å²) >= 11 is 5.21. The van der Waals surface area contributed by atoms with Gasteiger partial charge in [-0.3, -0.25) is 10.1 Å². The molecule has 5 nitrogen and oxygen atoms in total. The molecule has 136 valence electrons. The van der Waals surface area contributed by atoms with Crippen molar-refractivity contribution in [3.63, 3.8) is 0 Å². The van der Waals surface area contributed by atoms with E-state index in [9.17, 15) is 4.79 Å². The van der Waals surface area contributed by atoms with Crippen LogP contribution in [0.3, 0.4) is 0 Å². The van der Waals surface area contributed by atoms with Crippen LogP contribution in [0.5, 0.6) is 5.75 Å². The Morgan fingerprint density at radius 3 is 2.67 bits per heavy atom. The van der Waals surface area contributed by atoms with Gasteiger partial charge in [0, 0.05) is 11.8 Å². The van der Waals surface area contributed by atoms with Crippen molar-refractivity contribution in [3.05, 3.63) is 89.6 Å². The van der Waals surface area contributed by atoms with E-state index in [-0.39, 0.29) is 11.0 Å². The third-order valence-corrected chi connectivity index (χ3v) is 4.02. The SMILES string of the molecule is Cc1cccnc1NC(=S)NC(=O)c1cccc(OCc2ccccc2)c1. The minimum atomic E-state index is -0.314. The van der Waals surface area contributed by atoms with E-state index >= 15 is 0 Å². The van der Waals surface area contributed by atoms with Crippen molar-refractivity contribution < 1.29 is 9.53 Å². The lowest BCUT2D eigenvalue weighted by Gasteiger charge is -2.11. The maximum Gasteiger partial charge on any atom is 0.257 e. The van der Waals surface area contributed by atoms with Crippen LogP contribution in [0.1, 0.15) is 21.5 Å². The zero-order valence-electron chi connectivity index (χ0n) is 14.8. The summed E-state index contributed by atoms with van der Waals surface area (Å²) in [5.41, 5.74) is 2.45. The first-order valence-corrected chi connectivity index (χ1v) is 8.83. The number of aromatic nitrogens is 1. The van der Waals surface area contributed by atoms with Crippen LogP contribution in [0, 0.1) is 6.92 Å². The standard InChI is InChI=1S/C21H19N3O2S/c1-15-7-6-12-22-19(15)23-21(27)24-20(25)17-10-5-11-18(13-17)26-14-16-8-3-2-4-9-16/h2-13H,14H2,1H3,(H2,22,23,24,25,27). The highest BCUT2D eigenvalue weighted by Crippen LogP contribution is 2.15. The average molecular weight is 377 g/mol. The van der Waals surface area contributed by atoms with Crippen LogP contribution in [0.2, 0.25) is 0 Å². The predicted molar refractivity (Wildman–Crippen MR) is 110 cm³/mol. The molecule has 0 unspecified atom stereocenters. The van der Waals surface area contributed by atoms with Gasteiger partial charge in [0.25, 0.3) is 5.91 Å². The minimum Gasteiger partial charge on any atom is -0.489 e. The van der Waals surface area contributed by atoms with Crippen molar-refractivity contribution in [1.29, 1.82) is 0 Å². The summed E-state index contributed by atoms with van der Waals surface area (Å²) in [4.78, 5) is 16.6. The van der Waals surface area contributed by atoms with Crippen LogP contribution in [0.4, 0.5) is 5.82 Å². The Kier molecular flexibility index (Phi) is 6.12. The Morgan fingerprint density at radius 2 is 1.89 bits per heavy atom. The van der Waals surface area contributed by atoms with Crippen molar-refractivity contribution in [2.24, 2.45) is 0 Å². The predicted octanol–water partition coefficient (Wildman–Crippen LogP) is 4.10. The van der Waals surface area contributed by atoms with E-state index in [2.05, 4.69) is 15.6 Å². The van der Waals surface area contributed by atoms with Gasteiger partial charge in [-0.15, -0.1) is 0 Å². The Balaban J connectivity index is 1.59. The van der Waals surface area contributed by atoms with E-state index in [1.54, 1.807) is 24.4 Å². The maximum absolute atomic E-state index is 12.4. The number of pyridine rings is 1. The van der Waals surface area contributed by atoms with E-state index in [1.165, 1.54) is 0 Å². The number of hydrogen-bond acceptors (Lipinski definition) is 4. The van der Waals surface area contributed by atoms with Gasteiger partial charge in [0.15, 0.2) is 5.11 Å². The molecule has 0 radical (unpaired) electrons. The second kappa shape index (κ2) is 8.91. The molecule has 0 aliphatic heterocycles. The number of nitrogens with zero attached hydrogens (tertiary/aromatic N) is 1. The highest BCUT2D eigenvalue weighted by Gasteiger charge is 2.10. The molecule has 3 aromatic rings. The third kappa shape index (κ3) is 5.36. The fourth-order valence-electron chi connectivity index (χ4n) is 2.40. The molecule has 27 heavy (non-hydrogen) atoms. The number of rotatable bonds is 5. The van der Waals surface area contributed by atoms with Gasteiger partial charge in [-0.25, -0.2) is 4.98 Å². The topological polar surface area (TPSA) is 63.2 Å². The fraction of sp³-hybridized carbons (Fsp3) is 0.0952. The Hall–Kier alpha value is -3.25. The van der Waals surface area contributed by atoms with Crippen molar-refractivity contribution in [2.45, 2.75) is 13.5 Å². The maximum atomic E-state index is 12.4. The zero-order chi connectivity index (χ0) is 19.1. The molecule has 0 spiro atoms. The Bertz CT molecular complexity index is 945. The van der Waals surface area contributed by atoms with Gasteiger partial charge in [0.1, 0.15) is 18.2 Å². The number of benzene rings is 2. The first-order valence-electron chi connectivity index (χ1n) is 8.42. The number of anilines is 1. The summed E-state index contributed by atoms with van der Waals surface area (Å²) in [5.74, 6) is 0.917. The van der Waals surface area contributed by atoms with E-state index in [1.807, 2.05) is 55.5 Å². The van der Waals surface area contributed by atoms with Crippen molar-refractivity contribution in [2.75, 3.05) is 5.32 Å². The largest absolute Gasteiger partial charge is 0.489 e. The molecule has 6 heteroatoms. The molecule has 0 aliphatic rings. The minimum absolute atomic E-state index is 0.192. The molecule has 2 aromatic carbocycles. The van der Waals surface area contributed by atoms with Gasteiger partial charge >= 0.3 is 0 Å². The van der Waals surface area contributed by atoms with E-state index < -0.39 is 0 Å². The van der Waals surface area contributed by atoms with Gasteiger partial charge in [-0.05, 0) is 54.5 Å². The first-order chi connectivity index (χ1) is 13.1. The van der Waals surface area contributed by atoms with Crippen molar-refractivity contribution in [1.82, 2.24) is 10.3 Å². The van der Waals surface area contributed by atoms with E-state index in [0.717, 1.165) is 11.1 Å². The zero-order valence-corrected chi connectivity index (χ0v) is 15.6. The van der Waals surface area contributed by atoms with Crippen LogP contribution in [0.25, 0.3) is 0 Å². The molecular formula is C21H19N3O2S. The van der Waals surface area contributed by atoms with Crippen LogP contribution in [-0.4, -0.2) is 16.0 Å². The van der Waals surface area contributed by atoms with E-state index in [0.29, 0.717) is 23.7 Å². The lowest BCUT2D eigenvalue weighted by molar-refractivity contribution is 0.0977. The molecule has 2 N–H and O–H groups in total. The average Bonchev–Trinajstić information content (AvgIpc) is 2.69. The quantitative estimate of drug-likeness (QED) is 0.656. The number of carbonyl (C=O) groups is 1. The summed E-state index contributed by atoms with van der Waals surface area (Å²) in [6.07, 6.45) is 1.66. The van der Waals surface area contributed by atoms with Crippen LogP contribution in [0.15, 0.2) is 72.9 Å². The molecule has 0 aliphatic carbocycles. The van der Waals surface area contributed by atoms with Gasteiger partial charge in [-0.2, -0.15) is 0 Å². The van der Waals surface area contributed by atoms with Crippen molar-refractivity contribution in [3.8, 4) is 5.75 Å². The Morgan fingerprint density at radius 1 is 1.07 bits per heavy atom. The second-order valence-corrected chi connectivity index (χ2v) is 6.29. The second-order valence-electron chi connectivity index (χ2n) is 5.88. The third-order valence-electron chi connectivity index (χ3n) is 3.81. The number of carbonyl (C=O) groups excluding carboxylic acids is 1. The van der Waals surface area contributed by atoms with Gasteiger partial charge in [-0.1, -0.05) is 42.5 Å². The highest BCUT2D eigenvalue weighted by atomic mass is 32.1. The Labute approximate surface area is 163 Å². The first kappa shape index (κ1) is 18.5. The van der Waals surface area contributed by atoms with Gasteiger partial charge in [0.2, 0.25) is 0 Å². The number of nitrogens with one attached hydrogen (secondary N) is 2. The number of aryl methyl sites for hydroxylation is 1. The monoisotopic (exact) mass is 377 g/mol. The summed E-state index contributed by atoms with van der Waals surface area (Å²) in [5, 5.41) is 5.78. The van der Waals surface area contributed by atoms with Crippen LogP contribution < -0.4 is 15.4 Å². The number of ether oxygens (including phenoxy) is 1. The van der Waals surface area contributed by atoms with Gasteiger partial charge in [0.05, 0.1) is 0 Å². The summed E-state index contributed by atoms with van der Waals surface area (Å²) < 4.78 is 5.76. The van der Waals surface area contributed by atoms with Crippen molar-refractivity contribution >= 4 is 29.1 Å². The number of amides is 1. The number of hydrogen-bond donors (Lipinski definition) is 2. The lowest BCUT2D eigenvalue weighted by atomic mass is 10.2. The van der Waals surface area contributed by atoms with Gasteiger partial charge < -0.3 is 10.1 Å². The summed E-state index contributed by atoms with van der Waals surface area (Å²) in [6.45, 7) is 2.35. The normalized spacial score (nSPS) is 10.1. The molecular weight excluding hydrogens is 358 g/mol. The molecule has 0 fully saturated rings. The molecule has 0 saturated heterocycles. The smallest absolute Gasteiger partial charge is 0.257 e.